The molecule has 0 aromatic carbocycles. The Hall–Kier alpha value is -2.16. The number of rotatable bonds is 5. The van der Waals surface area contributed by atoms with Gasteiger partial charge >= 0.3 is 0 Å². The average Bonchev–Trinajstić information content (AvgIpc) is 3.51. The number of carbonyl (C=O) groups is 1. The third-order valence-corrected chi connectivity index (χ3v) is 8.86. The van der Waals surface area contributed by atoms with E-state index in [0.29, 0.717) is 18.5 Å². The van der Waals surface area contributed by atoms with E-state index in [1.54, 1.807) is 0 Å². The molecule has 2 aliphatic heterocycles. The molecule has 0 radical (unpaired) electrons. The summed E-state index contributed by atoms with van der Waals surface area (Å²) in [6.45, 7) is 5.81. The molecular weight excluding hydrogens is 404 g/mol. The molecule has 7 unspecified atom stereocenters. The Morgan fingerprint density at radius 2 is 1.97 bits per heavy atom. The van der Waals surface area contributed by atoms with Crippen LogP contribution in [0.25, 0.3) is 5.82 Å². The molecule has 0 spiro atoms. The molecule has 32 heavy (non-hydrogen) atoms. The molecule has 4 aliphatic rings. The zero-order valence-corrected chi connectivity index (χ0v) is 19.6. The first-order valence-corrected chi connectivity index (χ1v) is 11.8. The van der Waals surface area contributed by atoms with Gasteiger partial charge < -0.3 is 15.4 Å². The Kier molecular flexibility index (Phi) is 5.03. The van der Waals surface area contributed by atoms with Gasteiger partial charge in [0.15, 0.2) is 0 Å². The summed E-state index contributed by atoms with van der Waals surface area (Å²) in [6.07, 6.45) is 10.5. The first-order valence-electron chi connectivity index (χ1n) is 11.8. The molecule has 0 bridgehead atoms. The van der Waals surface area contributed by atoms with Crippen molar-refractivity contribution in [3.8, 4) is 0 Å². The Morgan fingerprint density at radius 1 is 1.25 bits per heavy atom. The topological polar surface area (TPSA) is 90.3 Å². The van der Waals surface area contributed by atoms with Crippen LogP contribution in [0.2, 0.25) is 0 Å². The molecule has 2 fully saturated rings. The number of hydrazine groups is 1. The minimum atomic E-state index is -0.884. The number of aromatic nitrogens is 1. The van der Waals surface area contributed by atoms with Crippen molar-refractivity contribution in [1.82, 2.24) is 19.5 Å². The van der Waals surface area contributed by atoms with Gasteiger partial charge in [0, 0.05) is 32.2 Å². The second kappa shape index (κ2) is 7.43. The van der Waals surface area contributed by atoms with Gasteiger partial charge in [-0.2, -0.15) is 0 Å². The molecule has 5 rings (SSSR count). The van der Waals surface area contributed by atoms with Crippen molar-refractivity contribution in [3.05, 3.63) is 30.6 Å². The monoisotopic (exact) mass is 440 g/mol. The van der Waals surface area contributed by atoms with Crippen LogP contribution in [-0.4, -0.2) is 81.2 Å². The SMILES string of the molecule is CCN1N(C)C(n2cccc2)=CC1(C)C1C2CC(O)CC2CC1C1(C(N)=O)C=NCN1C. The number of hydrogen-bond acceptors (Lipinski definition) is 6. The Labute approximate surface area is 190 Å². The van der Waals surface area contributed by atoms with E-state index in [1.165, 1.54) is 0 Å². The lowest BCUT2D eigenvalue weighted by Gasteiger charge is -2.49. The van der Waals surface area contributed by atoms with Crippen LogP contribution in [0.4, 0.5) is 0 Å². The van der Waals surface area contributed by atoms with Gasteiger partial charge in [-0.3, -0.25) is 19.7 Å². The fourth-order valence-corrected chi connectivity index (χ4v) is 7.66. The predicted octanol–water partition coefficient (Wildman–Crippen LogP) is 1.45. The van der Waals surface area contributed by atoms with E-state index in [-0.39, 0.29) is 29.4 Å². The van der Waals surface area contributed by atoms with Crippen LogP contribution in [-0.2, 0) is 4.79 Å². The van der Waals surface area contributed by atoms with Gasteiger partial charge in [0.1, 0.15) is 11.4 Å². The van der Waals surface area contributed by atoms with Crippen LogP contribution in [0, 0.1) is 23.7 Å². The van der Waals surface area contributed by atoms with Gasteiger partial charge in [0.25, 0.3) is 0 Å². The van der Waals surface area contributed by atoms with Crippen LogP contribution < -0.4 is 5.73 Å². The van der Waals surface area contributed by atoms with Crippen molar-refractivity contribution >= 4 is 17.9 Å². The summed E-state index contributed by atoms with van der Waals surface area (Å²) in [4.78, 5) is 19.6. The van der Waals surface area contributed by atoms with Crippen molar-refractivity contribution in [3.63, 3.8) is 0 Å². The lowest BCUT2D eigenvalue weighted by atomic mass is 9.66. The number of carbonyl (C=O) groups excluding carboxylic acids is 1. The molecule has 1 amide bonds. The summed E-state index contributed by atoms with van der Waals surface area (Å²) < 4.78 is 2.14. The van der Waals surface area contributed by atoms with Gasteiger partial charge in [0.05, 0.1) is 18.3 Å². The highest BCUT2D eigenvalue weighted by molar-refractivity contribution is 6.03. The number of primary amides is 1. The molecule has 8 heteroatoms. The first-order chi connectivity index (χ1) is 15.2. The molecule has 3 N–H and O–H groups in total. The number of likely N-dealkylation sites (N-methyl/N-ethyl adjacent to an activating group) is 2. The van der Waals surface area contributed by atoms with Gasteiger partial charge in [-0.05, 0) is 75.1 Å². The quantitative estimate of drug-likeness (QED) is 0.723. The number of amides is 1. The van der Waals surface area contributed by atoms with Gasteiger partial charge in [0.2, 0.25) is 5.91 Å². The molecule has 0 saturated heterocycles. The molecule has 8 nitrogen and oxygen atoms in total. The molecule has 1 aromatic rings. The van der Waals surface area contributed by atoms with E-state index in [4.69, 9.17) is 5.73 Å². The summed E-state index contributed by atoms with van der Waals surface area (Å²) in [5.41, 5.74) is 4.91. The maximum Gasteiger partial charge on any atom is 0.243 e. The number of aliphatic hydroxyl groups excluding tert-OH is 1. The lowest BCUT2D eigenvalue weighted by molar-refractivity contribution is -0.130. The number of aliphatic hydroxyl groups is 1. The summed E-state index contributed by atoms with van der Waals surface area (Å²) in [6, 6.07) is 4.07. The Morgan fingerprint density at radius 3 is 2.56 bits per heavy atom. The number of nitrogens with zero attached hydrogens (tertiary/aromatic N) is 5. The standard InChI is InChI=1S/C24H36N6O2/c1-5-30-23(2,13-20(28(30)4)29-8-6-7-9-29)21-18-12-17(31)10-16(18)11-19(21)24(22(25)32)14-26-15-27(24)3/h6-9,13-14,16-19,21,31H,5,10-12,15H2,1-4H3,(H2,25,32). The largest absolute Gasteiger partial charge is 0.393 e. The molecule has 7 atom stereocenters. The summed E-state index contributed by atoms with van der Waals surface area (Å²) in [5, 5.41) is 15.2. The molecule has 2 aliphatic carbocycles. The van der Waals surface area contributed by atoms with Crippen LogP contribution in [0.5, 0.6) is 0 Å². The van der Waals surface area contributed by atoms with Crippen molar-refractivity contribution in [1.29, 1.82) is 0 Å². The van der Waals surface area contributed by atoms with Gasteiger partial charge in [-0.1, -0.05) is 6.92 Å². The maximum absolute atomic E-state index is 13.0. The van der Waals surface area contributed by atoms with Crippen LogP contribution in [0.15, 0.2) is 35.6 Å². The van der Waals surface area contributed by atoms with Crippen LogP contribution >= 0.6 is 0 Å². The van der Waals surface area contributed by atoms with Gasteiger partial charge in [-0.25, -0.2) is 5.01 Å². The number of nitrogens with two attached hydrogens (primary N) is 1. The minimum Gasteiger partial charge on any atom is -0.393 e. The third kappa shape index (κ3) is 2.79. The molecule has 174 valence electrons. The number of aliphatic imine (C=N–C) groups is 1. The molecular formula is C24H36N6O2. The minimum absolute atomic E-state index is 0.0338. The molecule has 2 saturated carbocycles. The average molecular weight is 441 g/mol. The highest BCUT2D eigenvalue weighted by atomic mass is 16.3. The normalized spacial score (nSPS) is 42.1. The van der Waals surface area contributed by atoms with E-state index < -0.39 is 5.54 Å². The van der Waals surface area contributed by atoms with Crippen molar-refractivity contribution in [2.75, 3.05) is 27.3 Å². The van der Waals surface area contributed by atoms with E-state index in [1.807, 2.05) is 30.3 Å². The summed E-state index contributed by atoms with van der Waals surface area (Å²) >= 11 is 0. The van der Waals surface area contributed by atoms with E-state index in [9.17, 15) is 9.90 Å². The summed E-state index contributed by atoms with van der Waals surface area (Å²) in [5.74, 6) is 1.71. The summed E-state index contributed by atoms with van der Waals surface area (Å²) in [7, 11) is 4.07. The maximum atomic E-state index is 13.0. The highest BCUT2D eigenvalue weighted by Crippen LogP contribution is 2.60. The molecule has 1 aromatic heterocycles. The van der Waals surface area contributed by atoms with Crippen LogP contribution in [0.1, 0.15) is 33.1 Å². The Balaban J connectivity index is 1.65. The fraction of sp³-hybridized carbons (Fsp3) is 0.667. The highest BCUT2D eigenvalue weighted by Gasteiger charge is 2.65. The zero-order valence-electron chi connectivity index (χ0n) is 19.6. The smallest absolute Gasteiger partial charge is 0.243 e. The second-order valence-electron chi connectivity index (χ2n) is 10.3. The Bertz CT molecular complexity index is 944. The fourth-order valence-electron chi connectivity index (χ4n) is 7.66. The van der Waals surface area contributed by atoms with Crippen LogP contribution in [0.3, 0.4) is 0 Å². The zero-order chi connectivity index (χ0) is 22.8. The number of fused-ring (bicyclic) bond motifs is 1. The predicted molar refractivity (Wildman–Crippen MR) is 124 cm³/mol. The van der Waals surface area contributed by atoms with Gasteiger partial charge in [-0.15, -0.1) is 0 Å². The van der Waals surface area contributed by atoms with E-state index in [0.717, 1.165) is 31.6 Å². The van der Waals surface area contributed by atoms with Crippen molar-refractivity contribution in [2.24, 2.45) is 34.4 Å². The van der Waals surface area contributed by atoms with Crippen molar-refractivity contribution in [2.45, 2.75) is 50.3 Å². The van der Waals surface area contributed by atoms with E-state index in [2.05, 4.69) is 58.9 Å². The first kappa shape index (κ1) is 21.7. The number of hydrogen-bond donors (Lipinski definition) is 2. The van der Waals surface area contributed by atoms with Crippen molar-refractivity contribution < 1.29 is 9.90 Å². The third-order valence-electron chi connectivity index (χ3n) is 8.86. The molecule has 3 heterocycles. The van der Waals surface area contributed by atoms with E-state index >= 15 is 0 Å². The lowest BCUT2D eigenvalue weighted by Crippen LogP contribution is -2.64. The second-order valence-corrected chi connectivity index (χ2v) is 10.3.